The van der Waals surface area contributed by atoms with Gasteiger partial charge < -0.3 is 10.5 Å². The highest BCUT2D eigenvalue weighted by Gasteiger charge is 2.12. The molecule has 0 aliphatic heterocycles. The number of methoxy groups -OCH3 is 1. The molecule has 0 fully saturated rings. The lowest BCUT2D eigenvalue weighted by Crippen LogP contribution is -2.08. The minimum Gasteiger partial charge on any atom is -0.495 e. The highest BCUT2D eigenvalue weighted by atomic mass is 16.5. The van der Waals surface area contributed by atoms with E-state index < -0.39 is 0 Å². The maximum Gasteiger partial charge on any atom is 0.142 e. The largest absolute Gasteiger partial charge is 0.495 e. The second-order valence-corrected chi connectivity index (χ2v) is 3.55. The molecule has 0 bridgehead atoms. The predicted octanol–water partition coefficient (Wildman–Crippen LogP) is 2.26. The maximum atomic E-state index is 5.95. The Morgan fingerprint density at radius 1 is 1.33 bits per heavy atom. The summed E-state index contributed by atoms with van der Waals surface area (Å²) >= 11 is 0. The molecule has 0 amide bonds. The Bertz CT molecular complexity index is 480. The molecule has 78 valence electrons. The van der Waals surface area contributed by atoms with Gasteiger partial charge in [-0.2, -0.15) is 0 Å². The van der Waals surface area contributed by atoms with E-state index >= 15 is 0 Å². The van der Waals surface area contributed by atoms with Crippen LogP contribution in [-0.4, -0.2) is 12.1 Å². The van der Waals surface area contributed by atoms with Crippen LogP contribution in [0.2, 0.25) is 0 Å². The van der Waals surface area contributed by atoms with Crippen molar-refractivity contribution in [1.82, 2.24) is 4.98 Å². The second kappa shape index (κ2) is 3.87. The molecule has 2 rings (SSSR count). The molecule has 1 atom stereocenters. The summed E-state index contributed by atoms with van der Waals surface area (Å²) in [5, 5.41) is 1.06. The Hall–Kier alpha value is -1.61. The molecule has 0 saturated carbocycles. The minimum atomic E-state index is -0.0622. The first-order valence-electron chi connectivity index (χ1n) is 4.91. The third-order valence-corrected chi connectivity index (χ3v) is 2.46. The van der Waals surface area contributed by atoms with Crippen molar-refractivity contribution in [3.05, 3.63) is 36.0 Å². The quantitative estimate of drug-likeness (QED) is 0.812. The fourth-order valence-electron chi connectivity index (χ4n) is 1.78. The molecule has 1 aromatic carbocycles. The molecule has 1 unspecified atom stereocenters. The maximum absolute atomic E-state index is 5.95. The van der Waals surface area contributed by atoms with Crippen LogP contribution in [0.15, 0.2) is 30.5 Å². The van der Waals surface area contributed by atoms with Gasteiger partial charge in [0.1, 0.15) is 5.75 Å². The fourth-order valence-corrected chi connectivity index (χ4v) is 1.78. The molecule has 1 aromatic heterocycles. The normalized spacial score (nSPS) is 12.7. The monoisotopic (exact) mass is 202 g/mol. The van der Waals surface area contributed by atoms with Crippen molar-refractivity contribution in [3.8, 4) is 5.75 Å². The lowest BCUT2D eigenvalue weighted by Gasteiger charge is -2.13. The number of hydrogen-bond acceptors (Lipinski definition) is 3. The fraction of sp³-hybridized carbons (Fsp3) is 0.250. The zero-order chi connectivity index (χ0) is 10.8. The Kier molecular flexibility index (Phi) is 2.56. The van der Waals surface area contributed by atoms with Crippen molar-refractivity contribution in [2.75, 3.05) is 7.11 Å². The summed E-state index contributed by atoms with van der Waals surface area (Å²) in [6, 6.07) is 7.87. The van der Waals surface area contributed by atoms with Crippen molar-refractivity contribution in [1.29, 1.82) is 0 Å². The molecule has 2 N–H and O–H groups in total. The Labute approximate surface area is 88.9 Å². The Balaban J connectivity index is 2.79. The average molecular weight is 202 g/mol. The first-order valence-corrected chi connectivity index (χ1v) is 4.91. The number of nitrogens with two attached hydrogens (primary N) is 1. The summed E-state index contributed by atoms with van der Waals surface area (Å²) in [6.45, 7) is 1.95. The Morgan fingerprint density at radius 3 is 2.73 bits per heavy atom. The molecule has 0 aliphatic rings. The van der Waals surface area contributed by atoms with Crippen LogP contribution in [0.3, 0.4) is 0 Å². The van der Waals surface area contributed by atoms with Crippen molar-refractivity contribution in [2.45, 2.75) is 13.0 Å². The van der Waals surface area contributed by atoms with Crippen molar-refractivity contribution in [2.24, 2.45) is 5.73 Å². The van der Waals surface area contributed by atoms with Gasteiger partial charge in [-0.05, 0) is 13.0 Å². The van der Waals surface area contributed by atoms with E-state index in [0.717, 1.165) is 22.2 Å². The number of para-hydroxylation sites is 1. The van der Waals surface area contributed by atoms with Crippen LogP contribution in [0.25, 0.3) is 10.9 Å². The topological polar surface area (TPSA) is 48.1 Å². The highest BCUT2D eigenvalue weighted by molar-refractivity contribution is 5.84. The lowest BCUT2D eigenvalue weighted by molar-refractivity contribution is 0.406. The first-order chi connectivity index (χ1) is 7.24. The number of hydrogen-bond donors (Lipinski definition) is 1. The number of nitrogens with zero attached hydrogens (tertiary/aromatic N) is 1. The summed E-state index contributed by atoms with van der Waals surface area (Å²) in [6.07, 6.45) is 1.72. The van der Waals surface area contributed by atoms with Crippen LogP contribution in [0.1, 0.15) is 18.5 Å². The van der Waals surface area contributed by atoms with Crippen molar-refractivity contribution < 1.29 is 4.74 Å². The molecule has 0 aliphatic carbocycles. The van der Waals surface area contributed by atoms with Gasteiger partial charge in [0.2, 0.25) is 0 Å². The lowest BCUT2D eigenvalue weighted by atomic mass is 10.0. The standard InChI is InChI=1S/C12H14N2O/c1-8(13)12-9-5-3-4-6-10(9)14-7-11(12)15-2/h3-8H,13H2,1-2H3. The number of fused-ring (bicyclic) bond motifs is 1. The summed E-state index contributed by atoms with van der Waals surface area (Å²) in [5.41, 5.74) is 7.91. The van der Waals surface area contributed by atoms with E-state index in [4.69, 9.17) is 10.5 Å². The number of ether oxygens (including phenoxy) is 1. The van der Waals surface area contributed by atoms with Crippen LogP contribution >= 0.6 is 0 Å². The molecule has 3 nitrogen and oxygen atoms in total. The van der Waals surface area contributed by atoms with Crippen LogP contribution in [0.4, 0.5) is 0 Å². The molecule has 0 spiro atoms. The van der Waals surface area contributed by atoms with Gasteiger partial charge in [-0.3, -0.25) is 4.98 Å². The number of aromatic nitrogens is 1. The van der Waals surface area contributed by atoms with Crippen molar-refractivity contribution >= 4 is 10.9 Å². The summed E-state index contributed by atoms with van der Waals surface area (Å²) in [7, 11) is 1.64. The van der Waals surface area contributed by atoms with Gasteiger partial charge in [0.25, 0.3) is 0 Å². The summed E-state index contributed by atoms with van der Waals surface area (Å²) in [5.74, 6) is 0.753. The van der Waals surface area contributed by atoms with E-state index in [9.17, 15) is 0 Å². The summed E-state index contributed by atoms with van der Waals surface area (Å²) < 4.78 is 5.27. The van der Waals surface area contributed by atoms with E-state index in [1.54, 1.807) is 13.3 Å². The van der Waals surface area contributed by atoms with E-state index in [1.165, 1.54) is 0 Å². The molecule has 1 heterocycles. The predicted molar refractivity (Wildman–Crippen MR) is 60.9 cm³/mol. The molecule has 0 radical (unpaired) electrons. The van der Waals surface area contributed by atoms with Gasteiger partial charge in [-0.25, -0.2) is 0 Å². The van der Waals surface area contributed by atoms with E-state index in [0.29, 0.717) is 0 Å². The minimum absolute atomic E-state index is 0.0622. The van der Waals surface area contributed by atoms with Gasteiger partial charge in [0.05, 0.1) is 18.8 Å². The van der Waals surface area contributed by atoms with E-state index in [-0.39, 0.29) is 6.04 Å². The third kappa shape index (κ3) is 1.66. The summed E-state index contributed by atoms with van der Waals surface area (Å²) in [4.78, 5) is 4.31. The zero-order valence-corrected chi connectivity index (χ0v) is 8.90. The van der Waals surface area contributed by atoms with Crippen LogP contribution in [0.5, 0.6) is 5.75 Å². The van der Waals surface area contributed by atoms with Crippen LogP contribution in [-0.2, 0) is 0 Å². The molecular formula is C12H14N2O. The number of pyridine rings is 1. The van der Waals surface area contributed by atoms with Crippen LogP contribution in [0, 0.1) is 0 Å². The molecule has 2 aromatic rings. The smallest absolute Gasteiger partial charge is 0.142 e. The van der Waals surface area contributed by atoms with Crippen LogP contribution < -0.4 is 10.5 Å². The van der Waals surface area contributed by atoms with E-state index in [1.807, 2.05) is 31.2 Å². The average Bonchev–Trinajstić information content (AvgIpc) is 2.27. The second-order valence-electron chi connectivity index (χ2n) is 3.55. The molecular weight excluding hydrogens is 188 g/mol. The number of rotatable bonds is 2. The highest BCUT2D eigenvalue weighted by Crippen LogP contribution is 2.29. The van der Waals surface area contributed by atoms with Gasteiger partial charge in [0, 0.05) is 17.0 Å². The molecule has 15 heavy (non-hydrogen) atoms. The zero-order valence-electron chi connectivity index (χ0n) is 8.90. The van der Waals surface area contributed by atoms with Crippen molar-refractivity contribution in [3.63, 3.8) is 0 Å². The SMILES string of the molecule is COc1cnc2ccccc2c1C(C)N. The molecule has 0 saturated heterocycles. The Morgan fingerprint density at radius 2 is 2.07 bits per heavy atom. The van der Waals surface area contributed by atoms with Gasteiger partial charge in [-0.1, -0.05) is 18.2 Å². The number of benzene rings is 1. The van der Waals surface area contributed by atoms with Gasteiger partial charge in [0.15, 0.2) is 0 Å². The third-order valence-electron chi connectivity index (χ3n) is 2.46. The van der Waals surface area contributed by atoms with E-state index in [2.05, 4.69) is 4.98 Å². The van der Waals surface area contributed by atoms with Gasteiger partial charge in [-0.15, -0.1) is 0 Å². The first kappa shape index (κ1) is 9.93. The van der Waals surface area contributed by atoms with Gasteiger partial charge >= 0.3 is 0 Å². The molecule has 3 heteroatoms.